The number of hydrogen-bond acceptors (Lipinski definition) is 2. The number of phenols is 1. The van der Waals surface area contributed by atoms with Crippen LogP contribution < -0.4 is 0 Å². The zero-order valence-corrected chi connectivity index (χ0v) is 12.0. The van der Waals surface area contributed by atoms with Crippen LogP contribution in [0.25, 0.3) is 6.08 Å². The van der Waals surface area contributed by atoms with Crippen molar-refractivity contribution in [2.45, 2.75) is 20.8 Å². The third-order valence-electron chi connectivity index (χ3n) is 3.28. The van der Waals surface area contributed by atoms with E-state index in [2.05, 4.69) is 0 Å². The maximum atomic E-state index is 12.0. The van der Waals surface area contributed by atoms with Crippen molar-refractivity contribution in [2.24, 2.45) is 0 Å². The van der Waals surface area contributed by atoms with Crippen LogP contribution in [-0.4, -0.2) is 10.9 Å². The number of ketones is 1. The first kappa shape index (κ1) is 14.1. The van der Waals surface area contributed by atoms with Gasteiger partial charge in [0.1, 0.15) is 5.75 Å². The molecule has 0 unspecified atom stereocenters. The van der Waals surface area contributed by atoms with Crippen molar-refractivity contribution in [3.63, 3.8) is 0 Å². The van der Waals surface area contributed by atoms with E-state index in [1.807, 2.05) is 57.2 Å². The second-order valence-corrected chi connectivity index (χ2v) is 5.07. The molecule has 0 aromatic heterocycles. The lowest BCUT2D eigenvalue weighted by Crippen LogP contribution is -1.93. The lowest BCUT2D eigenvalue weighted by molar-refractivity contribution is 0.104. The Morgan fingerprint density at radius 3 is 2.10 bits per heavy atom. The number of benzene rings is 2. The maximum absolute atomic E-state index is 12.0. The van der Waals surface area contributed by atoms with Gasteiger partial charge in [-0.3, -0.25) is 4.79 Å². The lowest BCUT2D eigenvalue weighted by Gasteiger charge is -2.04. The summed E-state index contributed by atoms with van der Waals surface area (Å²) < 4.78 is 0. The van der Waals surface area contributed by atoms with Crippen molar-refractivity contribution in [3.8, 4) is 5.75 Å². The van der Waals surface area contributed by atoms with Gasteiger partial charge in [0.25, 0.3) is 0 Å². The van der Waals surface area contributed by atoms with Crippen molar-refractivity contribution in [3.05, 3.63) is 70.3 Å². The van der Waals surface area contributed by atoms with E-state index >= 15 is 0 Å². The summed E-state index contributed by atoms with van der Waals surface area (Å²) in [6.07, 6.45) is 3.34. The number of aromatic hydroxyl groups is 1. The van der Waals surface area contributed by atoms with Gasteiger partial charge in [0.15, 0.2) is 5.78 Å². The first-order valence-corrected chi connectivity index (χ1v) is 6.56. The summed E-state index contributed by atoms with van der Waals surface area (Å²) in [5.41, 5.74) is 4.35. The summed E-state index contributed by atoms with van der Waals surface area (Å²) >= 11 is 0. The van der Waals surface area contributed by atoms with Crippen LogP contribution in [0.15, 0.2) is 42.5 Å². The maximum Gasteiger partial charge on any atom is 0.185 e. The summed E-state index contributed by atoms with van der Waals surface area (Å²) in [7, 11) is 0. The van der Waals surface area contributed by atoms with E-state index in [9.17, 15) is 9.90 Å². The number of carbonyl (C=O) groups excluding carboxylic acids is 1. The van der Waals surface area contributed by atoms with Crippen LogP contribution in [0.5, 0.6) is 5.75 Å². The Balaban J connectivity index is 2.21. The van der Waals surface area contributed by atoms with Gasteiger partial charge in [-0.05, 0) is 55.7 Å². The van der Waals surface area contributed by atoms with Gasteiger partial charge in [0, 0.05) is 5.56 Å². The molecular formula is C18H18O2. The Hall–Kier alpha value is -2.35. The summed E-state index contributed by atoms with van der Waals surface area (Å²) in [5.74, 6) is 0.292. The molecule has 0 fully saturated rings. The third kappa shape index (κ3) is 3.15. The van der Waals surface area contributed by atoms with Gasteiger partial charge in [-0.1, -0.05) is 35.9 Å². The van der Waals surface area contributed by atoms with Gasteiger partial charge >= 0.3 is 0 Å². The summed E-state index contributed by atoms with van der Waals surface area (Å²) in [6, 6.07) is 11.2. The first-order chi connectivity index (χ1) is 9.47. The van der Waals surface area contributed by atoms with Gasteiger partial charge in [0.05, 0.1) is 0 Å². The van der Waals surface area contributed by atoms with Crippen LogP contribution in [0, 0.1) is 20.8 Å². The molecule has 0 atom stereocenters. The second-order valence-electron chi connectivity index (χ2n) is 5.07. The molecule has 0 spiro atoms. The van der Waals surface area contributed by atoms with Crippen molar-refractivity contribution >= 4 is 11.9 Å². The molecule has 0 radical (unpaired) electrons. The largest absolute Gasteiger partial charge is 0.507 e. The number of carbonyl (C=O) groups is 1. The topological polar surface area (TPSA) is 37.3 Å². The highest BCUT2D eigenvalue weighted by Crippen LogP contribution is 2.23. The molecule has 2 aromatic rings. The van der Waals surface area contributed by atoms with E-state index in [4.69, 9.17) is 0 Å². The van der Waals surface area contributed by atoms with Crippen molar-refractivity contribution in [1.29, 1.82) is 0 Å². The summed E-state index contributed by atoms with van der Waals surface area (Å²) in [5, 5.41) is 9.72. The van der Waals surface area contributed by atoms with Gasteiger partial charge in [-0.25, -0.2) is 0 Å². The van der Waals surface area contributed by atoms with Gasteiger partial charge < -0.3 is 5.11 Å². The monoisotopic (exact) mass is 266 g/mol. The SMILES string of the molecule is Cc1ccc(C(=O)/C=C/c2cc(C)c(O)c(C)c2)cc1. The third-order valence-corrected chi connectivity index (χ3v) is 3.28. The molecule has 0 aliphatic heterocycles. The molecule has 0 saturated heterocycles. The van der Waals surface area contributed by atoms with E-state index in [0.29, 0.717) is 11.3 Å². The van der Waals surface area contributed by atoms with Gasteiger partial charge in [0.2, 0.25) is 0 Å². The predicted octanol–water partition coefficient (Wildman–Crippen LogP) is 4.21. The van der Waals surface area contributed by atoms with Crippen LogP contribution in [0.3, 0.4) is 0 Å². The fraction of sp³-hybridized carbons (Fsp3) is 0.167. The minimum Gasteiger partial charge on any atom is -0.507 e. The molecule has 2 rings (SSSR count). The number of rotatable bonds is 3. The smallest absolute Gasteiger partial charge is 0.185 e. The van der Waals surface area contributed by atoms with Crippen molar-refractivity contribution in [2.75, 3.05) is 0 Å². The molecule has 0 aliphatic carbocycles. The van der Waals surface area contributed by atoms with Gasteiger partial charge in [-0.15, -0.1) is 0 Å². The highest BCUT2D eigenvalue weighted by atomic mass is 16.3. The zero-order valence-electron chi connectivity index (χ0n) is 12.0. The molecule has 20 heavy (non-hydrogen) atoms. The molecule has 1 N–H and O–H groups in total. The Labute approximate surface area is 119 Å². The number of phenolic OH excluding ortho intramolecular Hbond substituents is 1. The van der Waals surface area contributed by atoms with E-state index < -0.39 is 0 Å². The standard InChI is InChI=1S/C18H18O2/c1-12-4-7-16(8-5-12)17(19)9-6-15-10-13(2)18(20)14(3)11-15/h4-11,20H,1-3H3/b9-6+. The molecule has 2 aromatic carbocycles. The van der Waals surface area contributed by atoms with Crippen LogP contribution >= 0.6 is 0 Å². The second kappa shape index (κ2) is 5.74. The van der Waals surface area contributed by atoms with Crippen LogP contribution in [-0.2, 0) is 0 Å². The van der Waals surface area contributed by atoms with Crippen LogP contribution in [0.1, 0.15) is 32.6 Å². The summed E-state index contributed by atoms with van der Waals surface area (Å²) in [4.78, 5) is 12.0. The van der Waals surface area contributed by atoms with Crippen LogP contribution in [0.4, 0.5) is 0 Å². The average molecular weight is 266 g/mol. The van der Waals surface area contributed by atoms with E-state index in [1.165, 1.54) is 0 Å². The molecular weight excluding hydrogens is 248 g/mol. The molecule has 0 saturated carbocycles. The molecule has 2 heteroatoms. The van der Waals surface area contributed by atoms with Crippen molar-refractivity contribution < 1.29 is 9.90 Å². The first-order valence-electron chi connectivity index (χ1n) is 6.56. The summed E-state index contributed by atoms with van der Waals surface area (Å²) in [6.45, 7) is 5.69. The van der Waals surface area contributed by atoms with Crippen LogP contribution in [0.2, 0.25) is 0 Å². The quantitative estimate of drug-likeness (QED) is 0.667. The minimum atomic E-state index is -0.0200. The zero-order chi connectivity index (χ0) is 14.7. The Morgan fingerprint density at radius 2 is 1.55 bits per heavy atom. The highest BCUT2D eigenvalue weighted by Gasteiger charge is 2.03. The fourth-order valence-electron chi connectivity index (χ4n) is 2.07. The van der Waals surface area contributed by atoms with E-state index in [1.54, 1.807) is 12.2 Å². The van der Waals surface area contributed by atoms with E-state index in [-0.39, 0.29) is 5.78 Å². The van der Waals surface area contributed by atoms with Crippen molar-refractivity contribution in [1.82, 2.24) is 0 Å². The fourth-order valence-corrected chi connectivity index (χ4v) is 2.07. The minimum absolute atomic E-state index is 0.0200. The normalized spacial score (nSPS) is 10.9. The highest BCUT2D eigenvalue weighted by molar-refractivity contribution is 6.06. The van der Waals surface area contributed by atoms with E-state index in [0.717, 1.165) is 22.3 Å². The molecule has 0 amide bonds. The predicted molar refractivity (Wildman–Crippen MR) is 82.1 cm³/mol. The molecule has 102 valence electrons. The Kier molecular flexibility index (Phi) is 4.04. The lowest BCUT2D eigenvalue weighted by atomic mass is 10.0. The average Bonchev–Trinajstić information content (AvgIpc) is 2.42. The molecule has 0 bridgehead atoms. The number of allylic oxidation sites excluding steroid dienone is 1. The number of hydrogen-bond donors (Lipinski definition) is 1. The molecule has 0 heterocycles. The number of aryl methyl sites for hydroxylation is 3. The Bertz CT molecular complexity index is 641. The Morgan fingerprint density at radius 1 is 1.00 bits per heavy atom. The molecule has 0 aliphatic rings. The molecule has 2 nitrogen and oxygen atoms in total. The van der Waals surface area contributed by atoms with Gasteiger partial charge in [-0.2, -0.15) is 0 Å².